The predicted octanol–water partition coefficient (Wildman–Crippen LogP) is 2.41. The van der Waals surface area contributed by atoms with Gasteiger partial charge >= 0.3 is 0 Å². The van der Waals surface area contributed by atoms with Gasteiger partial charge in [-0.2, -0.15) is 4.73 Å². The van der Waals surface area contributed by atoms with E-state index in [1.54, 1.807) is 10.9 Å². The summed E-state index contributed by atoms with van der Waals surface area (Å²) in [6, 6.07) is 0. The fourth-order valence-corrected chi connectivity index (χ4v) is 1.42. The third-order valence-corrected chi connectivity index (χ3v) is 2.06. The van der Waals surface area contributed by atoms with E-state index in [1.165, 1.54) is 0 Å². The lowest BCUT2D eigenvalue weighted by molar-refractivity contribution is 0.0498. The van der Waals surface area contributed by atoms with Crippen LogP contribution in [0.5, 0.6) is 0 Å². The maximum absolute atomic E-state index is 5.79. The van der Waals surface area contributed by atoms with Crippen molar-refractivity contribution in [2.75, 3.05) is 0 Å². The van der Waals surface area contributed by atoms with E-state index < -0.39 is 0 Å². The zero-order valence-corrected chi connectivity index (χ0v) is 9.71. The number of halogens is 1. The van der Waals surface area contributed by atoms with Gasteiger partial charge in [0.1, 0.15) is 11.9 Å². The van der Waals surface area contributed by atoms with Crippen LogP contribution in [0.25, 0.3) is 0 Å². The van der Waals surface area contributed by atoms with Crippen LogP contribution in [-0.2, 0) is 12.3 Å². The molecule has 3 nitrogen and oxygen atoms in total. The summed E-state index contributed by atoms with van der Waals surface area (Å²) < 4.78 is 1.77. The molecule has 1 heterocycles. The van der Waals surface area contributed by atoms with Gasteiger partial charge in [-0.15, -0.1) is 11.6 Å². The Morgan fingerprint density at radius 2 is 2.29 bits per heavy atom. The zero-order valence-electron chi connectivity index (χ0n) is 8.96. The molecule has 1 rings (SSSR count). The minimum absolute atomic E-state index is 0.141. The molecule has 0 saturated carbocycles. The number of nitrogens with zero attached hydrogens (tertiary/aromatic N) is 2. The summed E-state index contributed by atoms with van der Waals surface area (Å²) in [5, 5.41) is 0. The third kappa shape index (κ3) is 2.64. The molecule has 0 bridgehead atoms. The van der Waals surface area contributed by atoms with Crippen molar-refractivity contribution in [1.29, 1.82) is 0 Å². The number of aromatic nitrogens is 2. The first kappa shape index (κ1) is 11.4. The normalized spacial score (nSPS) is 10.9. The van der Waals surface area contributed by atoms with Crippen molar-refractivity contribution in [3.05, 3.63) is 17.7 Å². The second-order valence-electron chi connectivity index (χ2n) is 3.50. The summed E-state index contributed by atoms with van der Waals surface area (Å²) in [4.78, 5) is 9.91. The minimum atomic E-state index is 0.141. The molecule has 0 radical (unpaired) electrons. The molecule has 0 aliphatic carbocycles. The quantitative estimate of drug-likeness (QED) is 0.707. The monoisotopic (exact) mass is 216 g/mol. The molecular weight excluding hydrogens is 200 g/mol. The number of aryl methyl sites for hydroxylation is 1. The van der Waals surface area contributed by atoms with Gasteiger partial charge in [-0.05, 0) is 20.3 Å². The van der Waals surface area contributed by atoms with Crippen LogP contribution in [0.15, 0.2) is 6.20 Å². The van der Waals surface area contributed by atoms with E-state index in [2.05, 4.69) is 11.9 Å². The van der Waals surface area contributed by atoms with Crippen molar-refractivity contribution in [2.45, 2.75) is 45.6 Å². The standard InChI is InChI=1S/C10H17ClN2O/c1-4-5-10-12-7-9(6-11)13(10)14-8(2)3/h7-8H,4-6H2,1-3H3. The summed E-state index contributed by atoms with van der Waals surface area (Å²) in [5.41, 5.74) is 0.920. The maximum Gasteiger partial charge on any atom is 0.145 e. The number of hydrogen-bond acceptors (Lipinski definition) is 2. The van der Waals surface area contributed by atoms with Crippen LogP contribution in [0.1, 0.15) is 38.7 Å². The molecule has 0 fully saturated rings. The van der Waals surface area contributed by atoms with Crippen molar-refractivity contribution >= 4 is 11.6 Å². The summed E-state index contributed by atoms with van der Waals surface area (Å²) >= 11 is 5.79. The molecule has 1 aromatic rings. The van der Waals surface area contributed by atoms with Gasteiger partial charge in [0.05, 0.1) is 17.8 Å². The van der Waals surface area contributed by atoms with E-state index in [0.29, 0.717) is 5.88 Å². The van der Waals surface area contributed by atoms with Gasteiger partial charge in [0.2, 0.25) is 0 Å². The van der Waals surface area contributed by atoms with E-state index in [1.807, 2.05) is 13.8 Å². The average molecular weight is 217 g/mol. The van der Waals surface area contributed by atoms with E-state index in [-0.39, 0.29) is 6.10 Å². The smallest absolute Gasteiger partial charge is 0.145 e. The molecule has 14 heavy (non-hydrogen) atoms. The molecule has 0 unspecified atom stereocenters. The second-order valence-corrected chi connectivity index (χ2v) is 3.77. The van der Waals surface area contributed by atoms with Crippen LogP contribution in [0.4, 0.5) is 0 Å². The molecule has 0 spiro atoms. The fraction of sp³-hybridized carbons (Fsp3) is 0.700. The molecule has 0 atom stereocenters. The highest BCUT2D eigenvalue weighted by Gasteiger charge is 2.10. The van der Waals surface area contributed by atoms with E-state index >= 15 is 0 Å². The van der Waals surface area contributed by atoms with Gasteiger partial charge in [-0.25, -0.2) is 4.98 Å². The number of rotatable bonds is 5. The average Bonchev–Trinajstić information content (AvgIpc) is 2.48. The topological polar surface area (TPSA) is 27.1 Å². The Hall–Kier alpha value is -0.700. The molecule has 80 valence electrons. The summed E-state index contributed by atoms with van der Waals surface area (Å²) in [6.07, 6.45) is 3.89. The number of hydrogen-bond donors (Lipinski definition) is 0. The highest BCUT2D eigenvalue weighted by molar-refractivity contribution is 6.16. The van der Waals surface area contributed by atoms with Crippen molar-refractivity contribution < 1.29 is 4.84 Å². The summed E-state index contributed by atoms with van der Waals surface area (Å²) in [7, 11) is 0. The highest BCUT2D eigenvalue weighted by Crippen LogP contribution is 2.09. The maximum atomic E-state index is 5.79. The number of imidazole rings is 1. The first-order valence-corrected chi connectivity index (χ1v) is 5.51. The number of alkyl halides is 1. The van der Waals surface area contributed by atoms with E-state index in [4.69, 9.17) is 16.4 Å². The Balaban J connectivity index is 2.87. The highest BCUT2D eigenvalue weighted by atomic mass is 35.5. The van der Waals surface area contributed by atoms with E-state index in [9.17, 15) is 0 Å². The van der Waals surface area contributed by atoms with Crippen LogP contribution in [0, 0.1) is 0 Å². The van der Waals surface area contributed by atoms with Crippen LogP contribution in [0.2, 0.25) is 0 Å². The van der Waals surface area contributed by atoms with Gasteiger partial charge < -0.3 is 4.84 Å². The van der Waals surface area contributed by atoms with Gasteiger partial charge in [0, 0.05) is 6.42 Å². The van der Waals surface area contributed by atoms with Crippen LogP contribution in [-0.4, -0.2) is 15.8 Å². The van der Waals surface area contributed by atoms with E-state index in [0.717, 1.165) is 24.4 Å². The minimum Gasteiger partial charge on any atom is -0.410 e. The lowest BCUT2D eigenvalue weighted by Gasteiger charge is -2.14. The van der Waals surface area contributed by atoms with Gasteiger partial charge in [-0.1, -0.05) is 6.92 Å². The molecule has 0 aromatic carbocycles. The first-order chi connectivity index (χ1) is 6.69. The molecule has 0 aliphatic rings. The van der Waals surface area contributed by atoms with Crippen molar-refractivity contribution in [2.24, 2.45) is 0 Å². The summed E-state index contributed by atoms with van der Waals surface area (Å²) in [6.45, 7) is 6.11. The third-order valence-electron chi connectivity index (χ3n) is 1.78. The first-order valence-electron chi connectivity index (χ1n) is 4.97. The predicted molar refractivity (Wildman–Crippen MR) is 57.5 cm³/mol. The van der Waals surface area contributed by atoms with Gasteiger partial charge in [0.15, 0.2) is 0 Å². The van der Waals surface area contributed by atoms with Crippen molar-refractivity contribution in [3.8, 4) is 0 Å². The van der Waals surface area contributed by atoms with Gasteiger partial charge in [-0.3, -0.25) is 0 Å². The molecule has 0 aliphatic heterocycles. The fourth-order valence-electron chi connectivity index (χ4n) is 1.24. The van der Waals surface area contributed by atoms with Crippen LogP contribution >= 0.6 is 11.6 Å². The molecule has 0 N–H and O–H groups in total. The lowest BCUT2D eigenvalue weighted by Crippen LogP contribution is -2.22. The van der Waals surface area contributed by atoms with Crippen molar-refractivity contribution in [3.63, 3.8) is 0 Å². The Morgan fingerprint density at radius 1 is 1.57 bits per heavy atom. The SMILES string of the molecule is CCCc1ncc(CCl)n1OC(C)C. The molecular formula is C10H17ClN2O. The largest absolute Gasteiger partial charge is 0.410 e. The molecule has 0 saturated heterocycles. The molecule has 4 heteroatoms. The summed E-state index contributed by atoms with van der Waals surface area (Å²) in [5.74, 6) is 1.39. The second kappa shape index (κ2) is 5.25. The Labute approximate surface area is 90.0 Å². The van der Waals surface area contributed by atoms with Gasteiger partial charge in [0.25, 0.3) is 0 Å². The lowest BCUT2D eigenvalue weighted by atomic mass is 10.3. The van der Waals surface area contributed by atoms with Crippen molar-refractivity contribution in [1.82, 2.24) is 9.71 Å². The van der Waals surface area contributed by atoms with Crippen LogP contribution in [0.3, 0.4) is 0 Å². The molecule has 0 amide bonds. The molecule has 1 aromatic heterocycles. The Morgan fingerprint density at radius 3 is 2.79 bits per heavy atom. The zero-order chi connectivity index (χ0) is 10.6. The Kier molecular flexibility index (Phi) is 4.26. The van der Waals surface area contributed by atoms with Crippen LogP contribution < -0.4 is 4.84 Å². The Bertz CT molecular complexity index is 284.